The van der Waals surface area contributed by atoms with Gasteiger partial charge in [-0.3, -0.25) is 4.79 Å². The van der Waals surface area contributed by atoms with Crippen molar-refractivity contribution >= 4 is 11.9 Å². The quantitative estimate of drug-likeness (QED) is 0.759. The van der Waals surface area contributed by atoms with Crippen LogP contribution in [0.15, 0.2) is 18.2 Å². The van der Waals surface area contributed by atoms with Crippen LogP contribution in [-0.4, -0.2) is 28.1 Å². The first-order valence-electron chi connectivity index (χ1n) is 6.20. The number of carbonyl (C=O) groups is 2. The van der Waals surface area contributed by atoms with E-state index < -0.39 is 17.9 Å². The van der Waals surface area contributed by atoms with E-state index >= 15 is 0 Å². The van der Waals surface area contributed by atoms with Crippen LogP contribution in [0.5, 0.6) is 5.75 Å². The summed E-state index contributed by atoms with van der Waals surface area (Å²) in [7, 11) is 0. The Kier molecular flexibility index (Phi) is 4.92. The Hall–Kier alpha value is -2.04. The predicted octanol–water partition coefficient (Wildman–Crippen LogP) is 1.93. The van der Waals surface area contributed by atoms with Crippen molar-refractivity contribution in [1.82, 2.24) is 5.32 Å². The van der Waals surface area contributed by atoms with Gasteiger partial charge in [0.15, 0.2) is 0 Å². The lowest BCUT2D eigenvalue weighted by atomic mass is 9.98. The summed E-state index contributed by atoms with van der Waals surface area (Å²) >= 11 is 0. The van der Waals surface area contributed by atoms with E-state index in [1.165, 1.54) is 18.2 Å². The Morgan fingerprint density at radius 3 is 2.47 bits per heavy atom. The van der Waals surface area contributed by atoms with Gasteiger partial charge in [-0.25, -0.2) is 4.79 Å². The first kappa shape index (κ1) is 15.0. The minimum Gasteiger partial charge on any atom is -0.508 e. The maximum Gasteiger partial charge on any atom is 0.326 e. The molecule has 0 bridgehead atoms. The van der Waals surface area contributed by atoms with Crippen molar-refractivity contribution < 1.29 is 19.8 Å². The molecule has 1 aromatic carbocycles. The Morgan fingerprint density at radius 1 is 1.37 bits per heavy atom. The van der Waals surface area contributed by atoms with Gasteiger partial charge in [0, 0.05) is 5.56 Å². The fraction of sp³-hybridized carbons (Fsp3) is 0.429. The molecule has 0 heterocycles. The highest BCUT2D eigenvalue weighted by Crippen LogP contribution is 2.16. The van der Waals surface area contributed by atoms with Crippen LogP contribution in [0.3, 0.4) is 0 Å². The summed E-state index contributed by atoms with van der Waals surface area (Å²) in [6.45, 7) is 5.34. The van der Waals surface area contributed by atoms with E-state index in [4.69, 9.17) is 5.11 Å². The van der Waals surface area contributed by atoms with E-state index in [0.717, 1.165) is 0 Å². The van der Waals surface area contributed by atoms with Crippen LogP contribution < -0.4 is 5.32 Å². The molecule has 0 fully saturated rings. The number of phenols is 1. The number of carbonyl (C=O) groups excluding carboxylic acids is 1. The van der Waals surface area contributed by atoms with Crippen LogP contribution >= 0.6 is 0 Å². The molecule has 104 valence electrons. The average molecular weight is 265 g/mol. The lowest BCUT2D eigenvalue weighted by Crippen LogP contribution is -2.45. The van der Waals surface area contributed by atoms with Gasteiger partial charge in [0.2, 0.25) is 0 Å². The summed E-state index contributed by atoms with van der Waals surface area (Å²) in [6, 6.07) is 3.44. The number of aromatic hydroxyl groups is 1. The lowest BCUT2D eigenvalue weighted by molar-refractivity contribution is -0.140. The molecule has 5 heteroatoms. The Bertz CT molecular complexity index is 484. The lowest BCUT2D eigenvalue weighted by Gasteiger charge is -2.20. The Labute approximate surface area is 112 Å². The molecule has 0 unspecified atom stereocenters. The molecule has 0 aliphatic rings. The normalized spacial score (nSPS) is 13.6. The highest BCUT2D eigenvalue weighted by molar-refractivity contribution is 5.98. The molecule has 0 radical (unpaired) electrons. The number of aryl methyl sites for hydroxylation is 1. The Balaban J connectivity index is 2.91. The number of rotatable bonds is 5. The molecule has 19 heavy (non-hydrogen) atoms. The number of phenolic OH excluding ortho intramolecular Hbond substituents is 1. The number of aliphatic carboxylic acids is 1. The van der Waals surface area contributed by atoms with E-state index in [0.29, 0.717) is 17.5 Å². The number of nitrogens with one attached hydrogen (secondary N) is 1. The maximum absolute atomic E-state index is 12.1. The first-order chi connectivity index (χ1) is 8.86. The number of benzene rings is 1. The van der Waals surface area contributed by atoms with Crippen molar-refractivity contribution in [2.24, 2.45) is 5.92 Å². The fourth-order valence-electron chi connectivity index (χ4n) is 1.80. The summed E-state index contributed by atoms with van der Waals surface area (Å²) < 4.78 is 0. The van der Waals surface area contributed by atoms with E-state index in [1.807, 2.05) is 6.92 Å². The van der Waals surface area contributed by atoms with Crippen molar-refractivity contribution in [3.8, 4) is 5.75 Å². The third kappa shape index (κ3) is 3.71. The molecular weight excluding hydrogens is 246 g/mol. The van der Waals surface area contributed by atoms with E-state index in [1.54, 1.807) is 13.8 Å². The van der Waals surface area contributed by atoms with Crippen LogP contribution in [0.1, 0.15) is 36.2 Å². The second-order valence-corrected chi connectivity index (χ2v) is 4.67. The molecule has 0 aliphatic heterocycles. The zero-order valence-electron chi connectivity index (χ0n) is 11.3. The molecule has 2 atom stereocenters. The molecule has 0 saturated carbocycles. The van der Waals surface area contributed by atoms with E-state index in [-0.39, 0.29) is 11.7 Å². The molecule has 0 spiro atoms. The van der Waals surface area contributed by atoms with Crippen molar-refractivity contribution in [1.29, 1.82) is 0 Å². The fourth-order valence-corrected chi connectivity index (χ4v) is 1.80. The van der Waals surface area contributed by atoms with Crippen LogP contribution in [-0.2, 0) is 4.79 Å². The highest BCUT2D eigenvalue weighted by atomic mass is 16.4. The van der Waals surface area contributed by atoms with E-state index in [2.05, 4.69) is 5.32 Å². The zero-order chi connectivity index (χ0) is 14.6. The van der Waals surface area contributed by atoms with Crippen molar-refractivity contribution in [3.63, 3.8) is 0 Å². The number of amides is 1. The van der Waals surface area contributed by atoms with E-state index in [9.17, 15) is 14.7 Å². The van der Waals surface area contributed by atoms with Crippen LogP contribution in [0.2, 0.25) is 0 Å². The molecule has 0 aromatic heterocycles. The summed E-state index contributed by atoms with van der Waals surface area (Å²) in [5, 5.41) is 20.9. The SMILES string of the molecule is CC[C@H](C)[C@H](NC(=O)c1ccc(O)cc1C)C(=O)O. The molecular formula is C14H19NO4. The molecule has 1 rings (SSSR count). The smallest absolute Gasteiger partial charge is 0.326 e. The molecule has 1 amide bonds. The minimum atomic E-state index is -1.04. The minimum absolute atomic E-state index is 0.0748. The third-order valence-electron chi connectivity index (χ3n) is 3.22. The van der Waals surface area contributed by atoms with Crippen LogP contribution in [0, 0.1) is 12.8 Å². The largest absolute Gasteiger partial charge is 0.508 e. The Morgan fingerprint density at radius 2 is 2.00 bits per heavy atom. The molecule has 1 aromatic rings. The number of hydrogen-bond donors (Lipinski definition) is 3. The van der Waals surface area contributed by atoms with Gasteiger partial charge in [0.25, 0.3) is 5.91 Å². The van der Waals surface area contributed by atoms with Gasteiger partial charge in [-0.15, -0.1) is 0 Å². The molecule has 0 saturated heterocycles. The standard InChI is InChI=1S/C14H19NO4/c1-4-8(2)12(14(18)19)15-13(17)11-6-5-10(16)7-9(11)3/h5-8,12,16H,4H2,1-3H3,(H,15,17)(H,18,19)/t8-,12-/m0/s1. The van der Waals surface area contributed by atoms with Gasteiger partial charge in [-0.1, -0.05) is 20.3 Å². The van der Waals surface area contributed by atoms with Crippen molar-refractivity contribution in [2.45, 2.75) is 33.2 Å². The summed E-state index contributed by atoms with van der Waals surface area (Å²) in [4.78, 5) is 23.2. The topological polar surface area (TPSA) is 86.6 Å². The number of carboxylic acid groups (broad SMARTS) is 1. The molecule has 0 aliphatic carbocycles. The molecule has 3 N–H and O–H groups in total. The van der Waals surface area contributed by atoms with Gasteiger partial charge < -0.3 is 15.5 Å². The third-order valence-corrected chi connectivity index (χ3v) is 3.22. The zero-order valence-corrected chi connectivity index (χ0v) is 11.3. The van der Waals surface area contributed by atoms with Crippen molar-refractivity contribution in [2.75, 3.05) is 0 Å². The molecule has 5 nitrogen and oxygen atoms in total. The summed E-state index contributed by atoms with van der Waals surface area (Å²) in [5.41, 5.74) is 0.971. The number of hydrogen-bond acceptors (Lipinski definition) is 3. The first-order valence-corrected chi connectivity index (χ1v) is 6.20. The number of carboxylic acids is 1. The maximum atomic E-state index is 12.1. The van der Waals surface area contributed by atoms with Gasteiger partial charge in [-0.2, -0.15) is 0 Å². The monoisotopic (exact) mass is 265 g/mol. The van der Waals surface area contributed by atoms with Gasteiger partial charge >= 0.3 is 5.97 Å². The average Bonchev–Trinajstić information content (AvgIpc) is 2.34. The van der Waals surface area contributed by atoms with Gasteiger partial charge in [0.1, 0.15) is 11.8 Å². The second-order valence-electron chi connectivity index (χ2n) is 4.67. The highest BCUT2D eigenvalue weighted by Gasteiger charge is 2.26. The van der Waals surface area contributed by atoms with Gasteiger partial charge in [0.05, 0.1) is 0 Å². The van der Waals surface area contributed by atoms with Crippen LogP contribution in [0.25, 0.3) is 0 Å². The summed E-state index contributed by atoms with van der Waals surface area (Å²) in [6.07, 6.45) is 0.659. The van der Waals surface area contributed by atoms with Crippen LogP contribution in [0.4, 0.5) is 0 Å². The van der Waals surface area contributed by atoms with Gasteiger partial charge in [-0.05, 0) is 36.6 Å². The summed E-state index contributed by atoms with van der Waals surface area (Å²) in [5.74, 6) is -1.56. The van der Waals surface area contributed by atoms with Crippen molar-refractivity contribution in [3.05, 3.63) is 29.3 Å². The second kappa shape index (κ2) is 6.22. The predicted molar refractivity (Wildman–Crippen MR) is 71.2 cm³/mol.